The Hall–Kier alpha value is -1.64. The highest BCUT2D eigenvalue weighted by Crippen LogP contribution is 2.40. The van der Waals surface area contributed by atoms with E-state index in [1.807, 2.05) is 24.3 Å². The van der Waals surface area contributed by atoms with Crippen molar-refractivity contribution in [1.29, 1.82) is 0 Å². The lowest BCUT2D eigenvalue weighted by molar-refractivity contribution is 0.141. The quantitative estimate of drug-likeness (QED) is 0.864. The molecule has 0 radical (unpaired) electrons. The van der Waals surface area contributed by atoms with E-state index in [4.69, 9.17) is 5.73 Å². The molecule has 19 heavy (non-hydrogen) atoms. The highest BCUT2D eigenvalue weighted by atomic mass is 16.3. The molecule has 2 aromatic carbocycles. The van der Waals surface area contributed by atoms with Gasteiger partial charge in [0, 0.05) is 5.92 Å². The molecular formula is C17H19NO. The molecule has 0 bridgehead atoms. The van der Waals surface area contributed by atoms with Crippen LogP contribution in [0.4, 0.5) is 0 Å². The molecule has 2 aromatic rings. The summed E-state index contributed by atoms with van der Waals surface area (Å²) < 4.78 is 0. The smallest absolute Gasteiger partial charge is 0.0861 e. The number of aliphatic hydroxyl groups is 1. The van der Waals surface area contributed by atoms with Crippen molar-refractivity contribution in [3.8, 4) is 0 Å². The second-order valence-electron chi connectivity index (χ2n) is 5.20. The molecular weight excluding hydrogens is 234 g/mol. The molecule has 98 valence electrons. The van der Waals surface area contributed by atoms with E-state index in [2.05, 4.69) is 24.3 Å². The van der Waals surface area contributed by atoms with Crippen LogP contribution in [0.5, 0.6) is 0 Å². The molecule has 3 N–H and O–H groups in total. The van der Waals surface area contributed by atoms with Crippen LogP contribution in [-0.4, -0.2) is 11.7 Å². The van der Waals surface area contributed by atoms with Crippen molar-refractivity contribution in [2.75, 3.05) is 6.54 Å². The molecule has 3 rings (SSSR count). The molecule has 0 saturated carbocycles. The topological polar surface area (TPSA) is 46.2 Å². The first-order valence-electron chi connectivity index (χ1n) is 6.85. The van der Waals surface area contributed by atoms with Crippen molar-refractivity contribution in [3.63, 3.8) is 0 Å². The Balaban J connectivity index is 2.15. The molecule has 1 aliphatic carbocycles. The van der Waals surface area contributed by atoms with Crippen LogP contribution >= 0.6 is 0 Å². The van der Waals surface area contributed by atoms with Crippen molar-refractivity contribution < 1.29 is 5.11 Å². The molecule has 0 aliphatic heterocycles. The van der Waals surface area contributed by atoms with Gasteiger partial charge in [-0.2, -0.15) is 0 Å². The summed E-state index contributed by atoms with van der Waals surface area (Å²) in [4.78, 5) is 0. The summed E-state index contributed by atoms with van der Waals surface area (Å²) in [6.45, 7) is 0.595. The van der Waals surface area contributed by atoms with Crippen molar-refractivity contribution >= 4 is 0 Å². The fraction of sp³-hybridized carbons (Fsp3) is 0.294. The van der Waals surface area contributed by atoms with Gasteiger partial charge in [-0.1, -0.05) is 48.5 Å². The maximum atomic E-state index is 10.7. The van der Waals surface area contributed by atoms with Gasteiger partial charge in [0.15, 0.2) is 0 Å². The minimum atomic E-state index is -0.455. The first kappa shape index (κ1) is 12.4. The van der Waals surface area contributed by atoms with Crippen LogP contribution in [-0.2, 0) is 6.42 Å². The summed E-state index contributed by atoms with van der Waals surface area (Å²) in [5.41, 5.74) is 10.6. The summed E-state index contributed by atoms with van der Waals surface area (Å²) in [5.74, 6) is 0.102. The highest BCUT2D eigenvalue weighted by molar-refractivity contribution is 5.44. The zero-order chi connectivity index (χ0) is 13.2. The molecule has 2 nitrogen and oxygen atoms in total. The van der Waals surface area contributed by atoms with Gasteiger partial charge in [0.2, 0.25) is 0 Å². The van der Waals surface area contributed by atoms with Gasteiger partial charge in [-0.3, -0.25) is 0 Å². The van der Waals surface area contributed by atoms with Gasteiger partial charge in [0.1, 0.15) is 0 Å². The number of fused-ring (bicyclic) bond motifs is 2. The molecule has 0 spiro atoms. The Morgan fingerprint density at radius 2 is 1.53 bits per heavy atom. The predicted octanol–water partition coefficient (Wildman–Crippen LogP) is 2.76. The number of hydrogen-bond donors (Lipinski definition) is 2. The third kappa shape index (κ3) is 2.18. The lowest BCUT2D eigenvalue weighted by atomic mass is 9.86. The number of hydrogen-bond acceptors (Lipinski definition) is 2. The fourth-order valence-electron chi connectivity index (χ4n) is 3.13. The van der Waals surface area contributed by atoms with E-state index < -0.39 is 6.10 Å². The second kappa shape index (κ2) is 5.16. The van der Waals surface area contributed by atoms with E-state index in [0.717, 1.165) is 18.4 Å². The maximum Gasteiger partial charge on any atom is 0.0861 e. The summed E-state index contributed by atoms with van der Waals surface area (Å²) in [7, 11) is 0. The Labute approximate surface area is 113 Å². The van der Waals surface area contributed by atoms with Crippen LogP contribution in [0.25, 0.3) is 0 Å². The summed E-state index contributed by atoms with van der Waals surface area (Å²) in [6, 6.07) is 16.6. The summed E-state index contributed by atoms with van der Waals surface area (Å²) >= 11 is 0. The summed E-state index contributed by atoms with van der Waals surface area (Å²) in [6.07, 6.45) is 1.25. The monoisotopic (exact) mass is 253 g/mol. The standard InChI is InChI=1S/C17H19NO/c18-10-9-16-14-7-3-1-5-12(14)11-13-6-2-4-8-15(13)17(16)19/h1-8,16-17,19H,9-11,18H2/t16-,17+/m0/s1. The molecule has 0 aromatic heterocycles. The van der Waals surface area contributed by atoms with Gasteiger partial charge in [0.05, 0.1) is 6.10 Å². The molecule has 2 heteroatoms. The van der Waals surface area contributed by atoms with Crippen molar-refractivity contribution in [2.24, 2.45) is 5.73 Å². The van der Waals surface area contributed by atoms with Crippen molar-refractivity contribution in [3.05, 3.63) is 70.8 Å². The largest absolute Gasteiger partial charge is 0.388 e. The average molecular weight is 253 g/mol. The number of nitrogens with two attached hydrogens (primary N) is 1. The normalized spacial score (nSPS) is 21.4. The summed E-state index contributed by atoms with van der Waals surface area (Å²) in [5, 5.41) is 10.7. The average Bonchev–Trinajstić information content (AvgIpc) is 2.56. The number of aliphatic hydroxyl groups excluding tert-OH is 1. The SMILES string of the molecule is NCC[C@H]1c2ccccc2Cc2ccccc2[C@H]1O. The zero-order valence-corrected chi connectivity index (χ0v) is 10.9. The van der Waals surface area contributed by atoms with Crippen LogP contribution in [0.2, 0.25) is 0 Å². The van der Waals surface area contributed by atoms with Crippen LogP contribution in [0.1, 0.15) is 40.7 Å². The molecule has 0 amide bonds. The molecule has 0 saturated heterocycles. The highest BCUT2D eigenvalue weighted by Gasteiger charge is 2.28. The van der Waals surface area contributed by atoms with Crippen LogP contribution in [0, 0.1) is 0 Å². The predicted molar refractivity (Wildman–Crippen MR) is 77.1 cm³/mol. The van der Waals surface area contributed by atoms with Gasteiger partial charge < -0.3 is 10.8 Å². The minimum Gasteiger partial charge on any atom is -0.388 e. The second-order valence-corrected chi connectivity index (χ2v) is 5.20. The molecule has 0 heterocycles. The van der Waals surface area contributed by atoms with Gasteiger partial charge in [0.25, 0.3) is 0 Å². The van der Waals surface area contributed by atoms with Gasteiger partial charge in [-0.25, -0.2) is 0 Å². The molecule has 0 fully saturated rings. The lowest BCUT2D eigenvalue weighted by Gasteiger charge is -2.23. The molecule has 2 atom stereocenters. The van der Waals surface area contributed by atoms with E-state index in [9.17, 15) is 5.11 Å². The van der Waals surface area contributed by atoms with Gasteiger partial charge in [-0.05, 0) is 41.6 Å². The van der Waals surface area contributed by atoms with E-state index in [1.54, 1.807) is 0 Å². The van der Waals surface area contributed by atoms with Crippen LogP contribution < -0.4 is 5.73 Å². The van der Waals surface area contributed by atoms with Crippen molar-refractivity contribution in [2.45, 2.75) is 24.9 Å². The van der Waals surface area contributed by atoms with E-state index in [1.165, 1.54) is 16.7 Å². The number of rotatable bonds is 2. The van der Waals surface area contributed by atoms with Gasteiger partial charge >= 0.3 is 0 Å². The van der Waals surface area contributed by atoms with Crippen LogP contribution in [0.3, 0.4) is 0 Å². The molecule has 0 unspecified atom stereocenters. The number of benzene rings is 2. The first-order chi connectivity index (χ1) is 9.31. The van der Waals surface area contributed by atoms with E-state index in [0.29, 0.717) is 6.54 Å². The Morgan fingerprint density at radius 3 is 2.21 bits per heavy atom. The molecule has 1 aliphatic rings. The third-order valence-electron chi connectivity index (χ3n) is 4.07. The van der Waals surface area contributed by atoms with E-state index in [-0.39, 0.29) is 5.92 Å². The van der Waals surface area contributed by atoms with Crippen LogP contribution in [0.15, 0.2) is 48.5 Å². The minimum absolute atomic E-state index is 0.102. The Kier molecular flexibility index (Phi) is 3.36. The third-order valence-corrected chi connectivity index (χ3v) is 4.07. The Bertz CT molecular complexity index is 579. The van der Waals surface area contributed by atoms with E-state index >= 15 is 0 Å². The first-order valence-corrected chi connectivity index (χ1v) is 6.85. The lowest BCUT2D eigenvalue weighted by Crippen LogP contribution is -2.15. The fourth-order valence-corrected chi connectivity index (χ4v) is 3.13. The Morgan fingerprint density at radius 1 is 0.947 bits per heavy atom. The maximum absolute atomic E-state index is 10.7. The van der Waals surface area contributed by atoms with Crippen molar-refractivity contribution in [1.82, 2.24) is 0 Å². The zero-order valence-electron chi connectivity index (χ0n) is 10.9. The van der Waals surface area contributed by atoms with Gasteiger partial charge in [-0.15, -0.1) is 0 Å².